The van der Waals surface area contributed by atoms with Crippen LogP contribution in [0.25, 0.3) is 10.8 Å². The summed E-state index contributed by atoms with van der Waals surface area (Å²) in [5.74, 6) is -0.160. The summed E-state index contributed by atoms with van der Waals surface area (Å²) in [5, 5.41) is 3.93. The quantitative estimate of drug-likeness (QED) is 0.778. The Bertz CT molecular complexity index is 1050. The maximum absolute atomic E-state index is 13.1. The van der Waals surface area contributed by atoms with E-state index < -0.39 is 5.91 Å². The Balaban J connectivity index is 1.81. The van der Waals surface area contributed by atoms with Crippen LogP contribution in [-0.2, 0) is 0 Å². The SMILES string of the molecule is COc1ccc2c(=O)n(C3CC3)c(C(=O)Nc3ccc(F)cc3)cc2c1. The van der Waals surface area contributed by atoms with Crippen molar-refractivity contribution in [1.29, 1.82) is 0 Å². The normalized spacial score (nSPS) is 13.6. The molecule has 0 radical (unpaired) electrons. The van der Waals surface area contributed by atoms with E-state index in [1.807, 2.05) is 0 Å². The summed E-state index contributed by atoms with van der Waals surface area (Å²) in [6.45, 7) is 0. The third kappa shape index (κ3) is 2.94. The van der Waals surface area contributed by atoms with E-state index in [1.54, 1.807) is 35.9 Å². The monoisotopic (exact) mass is 352 g/mol. The summed E-state index contributed by atoms with van der Waals surface area (Å²) in [6, 6.07) is 12.5. The molecule has 0 aliphatic heterocycles. The van der Waals surface area contributed by atoms with Gasteiger partial charge in [-0.15, -0.1) is 0 Å². The maximum atomic E-state index is 13.1. The van der Waals surface area contributed by atoms with E-state index >= 15 is 0 Å². The molecule has 5 nitrogen and oxygen atoms in total. The van der Waals surface area contributed by atoms with Gasteiger partial charge in [0.05, 0.1) is 7.11 Å². The van der Waals surface area contributed by atoms with Gasteiger partial charge in [0.25, 0.3) is 11.5 Å². The molecule has 1 amide bonds. The first-order chi connectivity index (χ1) is 12.6. The number of rotatable bonds is 4. The fourth-order valence-electron chi connectivity index (χ4n) is 3.04. The molecule has 0 bridgehead atoms. The summed E-state index contributed by atoms with van der Waals surface area (Å²) < 4.78 is 19.8. The van der Waals surface area contributed by atoms with Crippen molar-refractivity contribution in [3.05, 3.63) is 70.4 Å². The zero-order chi connectivity index (χ0) is 18.3. The van der Waals surface area contributed by atoms with Gasteiger partial charge < -0.3 is 14.6 Å². The number of pyridine rings is 1. The molecule has 6 heteroatoms. The number of nitrogens with one attached hydrogen (secondary N) is 1. The fraction of sp³-hybridized carbons (Fsp3) is 0.200. The van der Waals surface area contributed by atoms with Crippen molar-refractivity contribution in [2.75, 3.05) is 12.4 Å². The highest BCUT2D eigenvalue weighted by Crippen LogP contribution is 2.35. The second-order valence-electron chi connectivity index (χ2n) is 6.35. The standard InChI is InChI=1S/C20H17FN2O3/c1-26-16-8-9-17-12(10-16)11-18(23(20(17)25)15-6-7-15)19(24)22-14-4-2-13(21)3-5-14/h2-5,8-11,15H,6-7H2,1H3,(H,22,24). The molecule has 26 heavy (non-hydrogen) atoms. The van der Waals surface area contributed by atoms with Gasteiger partial charge in [-0.25, -0.2) is 4.39 Å². The van der Waals surface area contributed by atoms with Crippen molar-refractivity contribution >= 4 is 22.4 Å². The molecule has 3 aromatic rings. The highest BCUT2D eigenvalue weighted by atomic mass is 19.1. The maximum Gasteiger partial charge on any atom is 0.272 e. The minimum absolute atomic E-state index is 0.0444. The van der Waals surface area contributed by atoms with Crippen LogP contribution in [0, 0.1) is 5.82 Å². The average Bonchev–Trinajstić information content (AvgIpc) is 3.47. The fourth-order valence-corrected chi connectivity index (χ4v) is 3.04. The Labute approximate surface area is 149 Å². The molecule has 0 unspecified atom stereocenters. The van der Waals surface area contributed by atoms with Crippen molar-refractivity contribution < 1.29 is 13.9 Å². The largest absolute Gasteiger partial charge is 0.497 e. The molecule has 1 aliphatic carbocycles. The molecule has 0 atom stereocenters. The Morgan fingerprint density at radius 2 is 1.88 bits per heavy atom. The number of carbonyl (C=O) groups is 1. The van der Waals surface area contributed by atoms with Crippen LogP contribution >= 0.6 is 0 Å². The van der Waals surface area contributed by atoms with Gasteiger partial charge in [0.15, 0.2) is 0 Å². The van der Waals surface area contributed by atoms with Crippen LogP contribution in [0.15, 0.2) is 53.3 Å². The van der Waals surface area contributed by atoms with Gasteiger partial charge in [0, 0.05) is 17.1 Å². The predicted molar refractivity (Wildman–Crippen MR) is 97.4 cm³/mol. The second-order valence-corrected chi connectivity index (χ2v) is 6.35. The van der Waals surface area contributed by atoms with E-state index in [9.17, 15) is 14.0 Å². The van der Waals surface area contributed by atoms with E-state index in [0.29, 0.717) is 27.9 Å². The smallest absolute Gasteiger partial charge is 0.272 e. The zero-order valence-electron chi connectivity index (χ0n) is 14.2. The van der Waals surface area contributed by atoms with Gasteiger partial charge >= 0.3 is 0 Å². The number of hydrogen-bond acceptors (Lipinski definition) is 3. The summed E-state index contributed by atoms with van der Waals surface area (Å²) in [5.41, 5.74) is 0.580. The number of benzene rings is 2. The number of carbonyl (C=O) groups excluding carboxylic acids is 1. The van der Waals surface area contributed by atoms with Crippen molar-refractivity contribution in [3.8, 4) is 5.75 Å². The topological polar surface area (TPSA) is 60.3 Å². The highest BCUT2D eigenvalue weighted by Gasteiger charge is 2.29. The van der Waals surface area contributed by atoms with Crippen molar-refractivity contribution in [2.24, 2.45) is 0 Å². The lowest BCUT2D eigenvalue weighted by molar-refractivity contribution is 0.101. The van der Waals surface area contributed by atoms with Crippen LogP contribution in [0.4, 0.5) is 10.1 Å². The molecule has 132 valence electrons. The Hall–Kier alpha value is -3.15. The lowest BCUT2D eigenvalue weighted by Crippen LogP contribution is -2.28. The molecule has 1 aliphatic rings. The van der Waals surface area contributed by atoms with Crippen LogP contribution in [0.1, 0.15) is 29.4 Å². The molecule has 1 saturated carbocycles. The Morgan fingerprint density at radius 1 is 1.15 bits per heavy atom. The molecule has 1 heterocycles. The molecule has 0 spiro atoms. The Morgan fingerprint density at radius 3 is 2.54 bits per heavy atom. The van der Waals surface area contributed by atoms with E-state index in [2.05, 4.69) is 5.32 Å². The summed E-state index contributed by atoms with van der Waals surface area (Å²) in [6.07, 6.45) is 1.75. The van der Waals surface area contributed by atoms with Gasteiger partial charge in [-0.2, -0.15) is 0 Å². The summed E-state index contributed by atoms with van der Waals surface area (Å²) >= 11 is 0. The number of anilines is 1. The highest BCUT2D eigenvalue weighted by molar-refractivity contribution is 6.05. The van der Waals surface area contributed by atoms with E-state index in [0.717, 1.165) is 12.8 Å². The van der Waals surface area contributed by atoms with Crippen LogP contribution in [0.5, 0.6) is 5.75 Å². The molecule has 1 fully saturated rings. The van der Waals surface area contributed by atoms with Crippen molar-refractivity contribution in [3.63, 3.8) is 0 Å². The van der Waals surface area contributed by atoms with Gasteiger partial charge in [0.2, 0.25) is 0 Å². The molecule has 4 rings (SSSR count). The average molecular weight is 352 g/mol. The minimum Gasteiger partial charge on any atom is -0.497 e. The third-order valence-electron chi connectivity index (χ3n) is 4.51. The first-order valence-corrected chi connectivity index (χ1v) is 8.37. The number of nitrogens with zero attached hydrogens (tertiary/aromatic N) is 1. The van der Waals surface area contributed by atoms with Crippen molar-refractivity contribution in [2.45, 2.75) is 18.9 Å². The van der Waals surface area contributed by atoms with Gasteiger partial charge in [-0.05, 0) is 66.8 Å². The number of aromatic nitrogens is 1. The number of halogens is 1. The minimum atomic E-state index is -0.398. The van der Waals surface area contributed by atoms with Crippen LogP contribution in [-0.4, -0.2) is 17.6 Å². The predicted octanol–water partition coefficient (Wildman–Crippen LogP) is 3.74. The number of hydrogen-bond donors (Lipinski definition) is 1. The number of ether oxygens (including phenoxy) is 1. The number of fused-ring (bicyclic) bond motifs is 1. The lowest BCUT2D eigenvalue weighted by Gasteiger charge is -2.14. The molecule has 0 saturated heterocycles. The summed E-state index contributed by atoms with van der Waals surface area (Å²) in [4.78, 5) is 25.7. The van der Waals surface area contributed by atoms with E-state index in [1.165, 1.54) is 24.3 Å². The molecule has 1 N–H and O–H groups in total. The van der Waals surface area contributed by atoms with Crippen LogP contribution < -0.4 is 15.6 Å². The zero-order valence-corrected chi connectivity index (χ0v) is 14.2. The number of amides is 1. The first-order valence-electron chi connectivity index (χ1n) is 8.37. The van der Waals surface area contributed by atoms with Gasteiger partial charge in [0.1, 0.15) is 17.3 Å². The van der Waals surface area contributed by atoms with Crippen LogP contribution in [0.3, 0.4) is 0 Å². The Kier molecular flexibility index (Phi) is 3.95. The van der Waals surface area contributed by atoms with E-state index in [-0.39, 0.29) is 17.4 Å². The molecular formula is C20H17FN2O3. The second kappa shape index (κ2) is 6.29. The van der Waals surface area contributed by atoms with Gasteiger partial charge in [-0.1, -0.05) is 0 Å². The van der Waals surface area contributed by atoms with Crippen LogP contribution in [0.2, 0.25) is 0 Å². The number of methoxy groups -OCH3 is 1. The third-order valence-corrected chi connectivity index (χ3v) is 4.51. The molecule has 1 aromatic heterocycles. The first kappa shape index (κ1) is 16.3. The molecule has 2 aromatic carbocycles. The van der Waals surface area contributed by atoms with Crippen molar-refractivity contribution in [1.82, 2.24) is 4.57 Å². The summed E-state index contributed by atoms with van der Waals surface area (Å²) in [7, 11) is 1.55. The van der Waals surface area contributed by atoms with Gasteiger partial charge in [-0.3, -0.25) is 9.59 Å². The lowest BCUT2D eigenvalue weighted by atomic mass is 10.1. The van der Waals surface area contributed by atoms with E-state index in [4.69, 9.17) is 4.74 Å². The molecular weight excluding hydrogens is 335 g/mol.